The summed E-state index contributed by atoms with van der Waals surface area (Å²) in [6.07, 6.45) is 3.49. The quantitative estimate of drug-likeness (QED) is 0.785. The number of aromatic nitrogens is 2. The van der Waals surface area contributed by atoms with Gasteiger partial charge in [0.1, 0.15) is 17.1 Å². The van der Waals surface area contributed by atoms with Crippen molar-refractivity contribution in [3.63, 3.8) is 0 Å². The average Bonchev–Trinajstić information content (AvgIpc) is 3.13. The lowest BCUT2D eigenvalue weighted by molar-refractivity contribution is 0.0932. The number of hydrogen-bond donors (Lipinski definition) is 1. The molecule has 3 aromatic heterocycles. The lowest BCUT2D eigenvalue weighted by Gasteiger charge is -2.22. The molecule has 0 saturated heterocycles. The number of pyridine rings is 1. The van der Waals surface area contributed by atoms with Crippen LogP contribution >= 0.6 is 0 Å². The minimum atomic E-state index is -0.139. The van der Waals surface area contributed by atoms with Gasteiger partial charge in [-0.2, -0.15) is 0 Å². The Morgan fingerprint density at radius 3 is 2.87 bits per heavy atom. The maximum atomic E-state index is 12.6. The number of furan rings is 1. The molecule has 0 aliphatic carbocycles. The van der Waals surface area contributed by atoms with Crippen LogP contribution in [0.25, 0.3) is 5.65 Å². The van der Waals surface area contributed by atoms with E-state index in [0.717, 1.165) is 11.4 Å². The van der Waals surface area contributed by atoms with Crippen molar-refractivity contribution in [3.05, 3.63) is 59.9 Å². The van der Waals surface area contributed by atoms with Gasteiger partial charge >= 0.3 is 0 Å². The van der Waals surface area contributed by atoms with Crippen LogP contribution in [0.5, 0.6) is 0 Å². The minimum Gasteiger partial charge on any atom is -0.468 e. The van der Waals surface area contributed by atoms with Crippen molar-refractivity contribution in [2.24, 2.45) is 0 Å². The average molecular weight is 312 g/mol. The first-order valence-corrected chi connectivity index (χ1v) is 7.49. The molecule has 1 N–H and O–H groups in total. The summed E-state index contributed by atoms with van der Waals surface area (Å²) in [6.45, 7) is 2.30. The Hall–Kier alpha value is -2.60. The van der Waals surface area contributed by atoms with Crippen molar-refractivity contribution in [3.8, 4) is 0 Å². The molecular weight excluding hydrogens is 292 g/mol. The molecule has 6 nitrogen and oxygen atoms in total. The zero-order valence-corrected chi connectivity index (χ0v) is 13.5. The van der Waals surface area contributed by atoms with Gasteiger partial charge in [0, 0.05) is 12.7 Å². The third kappa shape index (κ3) is 2.98. The Morgan fingerprint density at radius 2 is 2.17 bits per heavy atom. The molecule has 3 aromatic rings. The summed E-state index contributed by atoms with van der Waals surface area (Å²) < 4.78 is 7.27. The fourth-order valence-corrected chi connectivity index (χ4v) is 2.68. The van der Waals surface area contributed by atoms with Crippen LogP contribution in [0.4, 0.5) is 0 Å². The SMILES string of the molecule is Cc1nc2ccccn2c1C(=O)NCC(c1ccco1)N(C)C. The summed E-state index contributed by atoms with van der Waals surface area (Å²) in [4.78, 5) is 19.0. The first-order chi connectivity index (χ1) is 11.1. The summed E-state index contributed by atoms with van der Waals surface area (Å²) in [5, 5.41) is 2.99. The second-order valence-electron chi connectivity index (χ2n) is 5.68. The zero-order chi connectivity index (χ0) is 16.4. The molecule has 0 aromatic carbocycles. The number of fused-ring (bicyclic) bond motifs is 1. The van der Waals surface area contributed by atoms with Gasteiger partial charge in [0.25, 0.3) is 5.91 Å². The summed E-state index contributed by atoms with van der Waals surface area (Å²) in [5.41, 5.74) is 2.05. The van der Waals surface area contributed by atoms with E-state index in [2.05, 4.69) is 10.3 Å². The van der Waals surface area contributed by atoms with Crippen LogP contribution in [-0.4, -0.2) is 40.8 Å². The molecule has 0 saturated carbocycles. The third-order valence-corrected chi connectivity index (χ3v) is 3.87. The topological polar surface area (TPSA) is 62.8 Å². The Labute approximate surface area is 134 Å². The Balaban J connectivity index is 1.79. The zero-order valence-electron chi connectivity index (χ0n) is 13.5. The minimum absolute atomic E-state index is 0.0200. The molecule has 0 bridgehead atoms. The second kappa shape index (κ2) is 6.26. The maximum absolute atomic E-state index is 12.6. The van der Waals surface area contributed by atoms with Crippen LogP contribution in [-0.2, 0) is 0 Å². The van der Waals surface area contributed by atoms with E-state index >= 15 is 0 Å². The van der Waals surface area contributed by atoms with E-state index in [4.69, 9.17) is 4.42 Å². The van der Waals surface area contributed by atoms with Gasteiger partial charge in [-0.05, 0) is 45.3 Å². The van der Waals surface area contributed by atoms with E-state index in [1.54, 1.807) is 6.26 Å². The van der Waals surface area contributed by atoms with Crippen molar-refractivity contribution in [2.45, 2.75) is 13.0 Å². The summed E-state index contributed by atoms with van der Waals surface area (Å²) in [5.74, 6) is 0.685. The van der Waals surface area contributed by atoms with Crippen molar-refractivity contribution < 1.29 is 9.21 Å². The molecule has 0 aliphatic rings. The van der Waals surface area contributed by atoms with Crippen LogP contribution in [0, 0.1) is 6.92 Å². The van der Waals surface area contributed by atoms with Crippen molar-refractivity contribution in [1.82, 2.24) is 19.6 Å². The molecule has 3 rings (SSSR count). The molecule has 3 heterocycles. The Morgan fingerprint density at radius 1 is 1.35 bits per heavy atom. The van der Waals surface area contributed by atoms with Gasteiger partial charge in [0.2, 0.25) is 0 Å². The summed E-state index contributed by atoms with van der Waals surface area (Å²) in [6, 6.07) is 9.42. The number of likely N-dealkylation sites (N-methyl/N-ethyl adjacent to an activating group) is 1. The highest BCUT2D eigenvalue weighted by molar-refractivity contribution is 5.94. The molecule has 1 unspecified atom stereocenters. The maximum Gasteiger partial charge on any atom is 0.270 e. The highest BCUT2D eigenvalue weighted by Gasteiger charge is 2.21. The summed E-state index contributed by atoms with van der Waals surface area (Å²) in [7, 11) is 3.91. The lowest BCUT2D eigenvalue weighted by Crippen LogP contribution is -2.35. The normalized spacial score (nSPS) is 12.7. The molecule has 6 heteroatoms. The van der Waals surface area contributed by atoms with Gasteiger partial charge in [0.05, 0.1) is 18.0 Å². The molecule has 0 fully saturated rings. The van der Waals surface area contributed by atoms with Gasteiger partial charge in [0.15, 0.2) is 0 Å². The predicted octanol–water partition coefficient (Wildman–Crippen LogP) is 2.27. The monoisotopic (exact) mass is 312 g/mol. The molecule has 23 heavy (non-hydrogen) atoms. The summed E-state index contributed by atoms with van der Waals surface area (Å²) >= 11 is 0. The van der Waals surface area contributed by atoms with Crippen molar-refractivity contribution >= 4 is 11.6 Å². The fourth-order valence-electron chi connectivity index (χ4n) is 2.68. The van der Waals surface area contributed by atoms with Gasteiger partial charge < -0.3 is 9.73 Å². The standard InChI is InChI=1S/C17H20N4O2/c1-12-16(21-9-5-4-8-15(21)19-12)17(22)18-11-13(20(2)3)14-7-6-10-23-14/h4-10,13H,11H2,1-3H3,(H,18,22). The number of imidazole rings is 1. The first kappa shape index (κ1) is 15.3. The van der Waals surface area contributed by atoms with Crippen molar-refractivity contribution in [1.29, 1.82) is 0 Å². The third-order valence-electron chi connectivity index (χ3n) is 3.87. The van der Waals surface area contributed by atoms with Gasteiger partial charge in [-0.25, -0.2) is 4.98 Å². The first-order valence-electron chi connectivity index (χ1n) is 7.49. The van der Waals surface area contributed by atoms with E-state index in [-0.39, 0.29) is 11.9 Å². The molecule has 0 spiro atoms. The number of carbonyl (C=O) groups excluding carboxylic acids is 1. The highest BCUT2D eigenvalue weighted by atomic mass is 16.3. The van der Waals surface area contributed by atoms with Crippen molar-refractivity contribution in [2.75, 3.05) is 20.6 Å². The van der Waals surface area contributed by atoms with Crippen LogP contribution in [0.15, 0.2) is 47.2 Å². The molecular formula is C17H20N4O2. The molecule has 120 valence electrons. The van der Waals surface area contributed by atoms with E-state index in [0.29, 0.717) is 17.9 Å². The lowest BCUT2D eigenvalue weighted by atomic mass is 10.2. The predicted molar refractivity (Wildman–Crippen MR) is 87.4 cm³/mol. The fraction of sp³-hybridized carbons (Fsp3) is 0.294. The smallest absolute Gasteiger partial charge is 0.270 e. The number of carbonyl (C=O) groups is 1. The van der Waals surface area contributed by atoms with E-state index in [9.17, 15) is 4.79 Å². The molecule has 0 radical (unpaired) electrons. The van der Waals surface area contributed by atoms with Crippen LogP contribution < -0.4 is 5.32 Å². The van der Waals surface area contributed by atoms with Gasteiger partial charge in [-0.1, -0.05) is 6.07 Å². The molecule has 1 amide bonds. The molecule has 1 atom stereocenters. The number of hydrogen-bond acceptors (Lipinski definition) is 4. The van der Waals surface area contributed by atoms with Crippen LogP contribution in [0.3, 0.4) is 0 Å². The van der Waals surface area contributed by atoms with E-state index in [1.165, 1.54) is 0 Å². The Kier molecular flexibility index (Phi) is 4.16. The van der Waals surface area contributed by atoms with E-state index in [1.807, 2.05) is 66.8 Å². The van der Waals surface area contributed by atoms with Crippen LogP contribution in [0.2, 0.25) is 0 Å². The largest absolute Gasteiger partial charge is 0.468 e. The van der Waals surface area contributed by atoms with Gasteiger partial charge in [-0.3, -0.25) is 14.1 Å². The van der Waals surface area contributed by atoms with Gasteiger partial charge in [-0.15, -0.1) is 0 Å². The highest BCUT2D eigenvalue weighted by Crippen LogP contribution is 2.18. The molecule has 0 aliphatic heterocycles. The number of aryl methyl sites for hydroxylation is 1. The number of nitrogens with one attached hydrogen (secondary N) is 1. The van der Waals surface area contributed by atoms with E-state index < -0.39 is 0 Å². The Bertz CT molecular complexity index is 805. The van der Waals surface area contributed by atoms with Crippen LogP contribution in [0.1, 0.15) is 28.0 Å². The number of amides is 1. The number of nitrogens with zero attached hydrogens (tertiary/aromatic N) is 3. The number of rotatable bonds is 5. The second-order valence-corrected chi connectivity index (χ2v) is 5.68.